The van der Waals surface area contributed by atoms with Crippen molar-refractivity contribution < 1.29 is 19.4 Å². The molecule has 0 aromatic heterocycles. The van der Waals surface area contributed by atoms with Gasteiger partial charge < -0.3 is 19.5 Å². The third-order valence-electron chi connectivity index (χ3n) is 3.80. The number of aliphatic hydroxyl groups excluding tert-OH is 1. The largest absolute Gasteiger partial charge is 0.395 e. The van der Waals surface area contributed by atoms with Crippen LogP contribution >= 0.6 is 0 Å². The third-order valence-corrected chi connectivity index (χ3v) is 3.80. The maximum atomic E-state index is 12.5. The Balaban J connectivity index is 1.87. The highest BCUT2D eigenvalue weighted by Gasteiger charge is 2.23. The summed E-state index contributed by atoms with van der Waals surface area (Å²) in [6, 6.07) is 9.75. The summed E-state index contributed by atoms with van der Waals surface area (Å²) in [4.78, 5) is 14.1. The Morgan fingerprint density at radius 2 is 2.23 bits per heavy atom. The molecule has 5 nitrogen and oxygen atoms in total. The molecule has 2 atom stereocenters. The fraction of sp³-hybridized carbons (Fsp3) is 0.588. The summed E-state index contributed by atoms with van der Waals surface area (Å²) in [6.07, 6.45) is 1.63. The van der Waals surface area contributed by atoms with Crippen LogP contribution in [0.2, 0.25) is 0 Å². The van der Waals surface area contributed by atoms with Gasteiger partial charge in [-0.05, 0) is 25.3 Å². The smallest absolute Gasteiger partial charge is 0.251 e. The predicted octanol–water partition coefficient (Wildman–Crippen LogP) is 1.59. The maximum Gasteiger partial charge on any atom is 0.251 e. The highest BCUT2D eigenvalue weighted by atomic mass is 16.5. The Bertz CT molecular complexity index is 445. The van der Waals surface area contributed by atoms with E-state index in [4.69, 9.17) is 9.47 Å². The Morgan fingerprint density at radius 3 is 2.86 bits per heavy atom. The molecule has 2 rings (SSSR count). The second-order valence-electron chi connectivity index (χ2n) is 5.58. The van der Waals surface area contributed by atoms with Crippen molar-refractivity contribution in [2.75, 3.05) is 26.4 Å². The van der Waals surface area contributed by atoms with Gasteiger partial charge in [0.2, 0.25) is 0 Å². The molecule has 0 aliphatic carbocycles. The number of carbonyl (C=O) groups excluding carboxylic acids is 1. The quantitative estimate of drug-likeness (QED) is 0.792. The first-order valence-corrected chi connectivity index (χ1v) is 7.87. The lowest BCUT2D eigenvalue weighted by Crippen LogP contribution is -2.41. The van der Waals surface area contributed by atoms with E-state index in [2.05, 4.69) is 0 Å². The van der Waals surface area contributed by atoms with Gasteiger partial charge >= 0.3 is 0 Å². The number of hydrogen-bond acceptors (Lipinski definition) is 4. The summed E-state index contributed by atoms with van der Waals surface area (Å²) in [7, 11) is 0. The molecule has 1 N–H and O–H groups in total. The normalized spacial score (nSPS) is 19.1. The highest BCUT2D eigenvalue weighted by Crippen LogP contribution is 2.14. The van der Waals surface area contributed by atoms with Crippen molar-refractivity contribution >= 4 is 5.91 Å². The molecule has 0 radical (unpaired) electrons. The average molecular weight is 307 g/mol. The lowest BCUT2D eigenvalue weighted by molar-refractivity contribution is -0.145. The van der Waals surface area contributed by atoms with Gasteiger partial charge in [-0.25, -0.2) is 0 Å². The minimum atomic E-state index is -0.528. The van der Waals surface area contributed by atoms with Crippen LogP contribution in [0.5, 0.6) is 0 Å². The third kappa shape index (κ3) is 5.09. The van der Waals surface area contributed by atoms with E-state index in [1.165, 1.54) is 0 Å². The van der Waals surface area contributed by atoms with Gasteiger partial charge in [0.15, 0.2) is 0 Å². The molecule has 22 heavy (non-hydrogen) atoms. The number of nitrogens with zero attached hydrogens (tertiary/aromatic N) is 1. The van der Waals surface area contributed by atoms with Crippen LogP contribution in [0.1, 0.15) is 25.3 Å². The van der Waals surface area contributed by atoms with Crippen LogP contribution in [0.3, 0.4) is 0 Å². The van der Waals surface area contributed by atoms with Crippen molar-refractivity contribution in [1.29, 1.82) is 0 Å². The molecule has 0 bridgehead atoms. The van der Waals surface area contributed by atoms with Gasteiger partial charge in [-0.3, -0.25) is 4.79 Å². The van der Waals surface area contributed by atoms with E-state index in [0.29, 0.717) is 19.7 Å². The first-order valence-electron chi connectivity index (χ1n) is 7.87. The van der Waals surface area contributed by atoms with Crippen molar-refractivity contribution in [3.8, 4) is 0 Å². The predicted molar refractivity (Wildman–Crippen MR) is 83.3 cm³/mol. The zero-order valence-electron chi connectivity index (χ0n) is 13.1. The number of hydrogen-bond donors (Lipinski definition) is 1. The average Bonchev–Trinajstić information content (AvgIpc) is 3.06. The molecule has 122 valence electrons. The van der Waals surface area contributed by atoms with Gasteiger partial charge in [0.25, 0.3) is 5.91 Å². The molecular weight excluding hydrogens is 282 g/mol. The molecule has 1 saturated heterocycles. The Kier molecular flexibility index (Phi) is 6.83. The Morgan fingerprint density at radius 1 is 1.45 bits per heavy atom. The molecule has 5 heteroatoms. The first kappa shape index (κ1) is 16.9. The second kappa shape index (κ2) is 8.88. The molecule has 1 aliphatic rings. The van der Waals surface area contributed by atoms with Crippen molar-refractivity contribution in [1.82, 2.24) is 4.90 Å². The summed E-state index contributed by atoms with van der Waals surface area (Å²) >= 11 is 0. The molecule has 1 aromatic carbocycles. The number of benzene rings is 1. The highest BCUT2D eigenvalue weighted by molar-refractivity contribution is 5.80. The summed E-state index contributed by atoms with van der Waals surface area (Å²) in [5, 5.41) is 9.19. The van der Waals surface area contributed by atoms with Gasteiger partial charge in [0, 0.05) is 19.7 Å². The van der Waals surface area contributed by atoms with Crippen LogP contribution in [0, 0.1) is 0 Å². The Hall–Kier alpha value is -1.43. The van der Waals surface area contributed by atoms with Crippen LogP contribution in [0.25, 0.3) is 0 Å². The van der Waals surface area contributed by atoms with Crippen LogP contribution < -0.4 is 0 Å². The summed E-state index contributed by atoms with van der Waals surface area (Å²) in [6.45, 7) is 3.71. The standard InChI is InChI=1S/C17H25NO4/c1-14(22-13-16-8-5-11-21-16)17(20)18(9-10-19)12-15-6-3-2-4-7-15/h2-4,6-7,14,16,19H,5,8-13H2,1H3. The Labute approximate surface area is 131 Å². The van der Waals surface area contributed by atoms with Gasteiger partial charge in [0.05, 0.1) is 19.3 Å². The number of amides is 1. The van der Waals surface area contributed by atoms with Crippen molar-refractivity contribution in [3.63, 3.8) is 0 Å². The topological polar surface area (TPSA) is 59.0 Å². The van der Waals surface area contributed by atoms with E-state index in [1.54, 1.807) is 11.8 Å². The van der Waals surface area contributed by atoms with Crippen LogP contribution in [-0.2, 0) is 20.8 Å². The first-order chi connectivity index (χ1) is 10.7. The minimum Gasteiger partial charge on any atom is -0.395 e. The van der Waals surface area contributed by atoms with Gasteiger partial charge in [-0.1, -0.05) is 30.3 Å². The van der Waals surface area contributed by atoms with Crippen LogP contribution in [0.15, 0.2) is 30.3 Å². The van der Waals surface area contributed by atoms with Crippen molar-refractivity contribution in [3.05, 3.63) is 35.9 Å². The van der Waals surface area contributed by atoms with E-state index in [0.717, 1.165) is 25.0 Å². The zero-order chi connectivity index (χ0) is 15.8. The molecule has 0 spiro atoms. The number of aliphatic hydroxyl groups is 1. The number of carbonyl (C=O) groups is 1. The molecule has 0 saturated carbocycles. The molecule has 1 heterocycles. The van der Waals surface area contributed by atoms with Gasteiger partial charge in [-0.2, -0.15) is 0 Å². The summed E-state index contributed by atoms with van der Waals surface area (Å²) in [5.74, 6) is -0.101. The monoisotopic (exact) mass is 307 g/mol. The van der Waals surface area contributed by atoms with E-state index in [1.807, 2.05) is 30.3 Å². The lowest BCUT2D eigenvalue weighted by Gasteiger charge is -2.26. The fourth-order valence-electron chi connectivity index (χ4n) is 2.55. The van der Waals surface area contributed by atoms with Gasteiger partial charge in [0.1, 0.15) is 6.10 Å². The maximum absolute atomic E-state index is 12.5. The number of rotatable bonds is 8. The molecule has 1 aliphatic heterocycles. The van der Waals surface area contributed by atoms with E-state index < -0.39 is 6.10 Å². The lowest BCUT2D eigenvalue weighted by atomic mass is 10.2. The molecule has 1 aromatic rings. The van der Waals surface area contributed by atoms with E-state index in [-0.39, 0.29) is 18.6 Å². The van der Waals surface area contributed by atoms with Crippen molar-refractivity contribution in [2.24, 2.45) is 0 Å². The van der Waals surface area contributed by atoms with Crippen molar-refractivity contribution in [2.45, 2.75) is 38.5 Å². The van der Waals surface area contributed by atoms with Crippen LogP contribution in [-0.4, -0.2) is 54.5 Å². The van der Waals surface area contributed by atoms with Crippen LogP contribution in [0.4, 0.5) is 0 Å². The fourth-order valence-corrected chi connectivity index (χ4v) is 2.55. The van der Waals surface area contributed by atoms with Gasteiger partial charge in [-0.15, -0.1) is 0 Å². The molecule has 2 unspecified atom stereocenters. The molecule has 1 fully saturated rings. The van der Waals surface area contributed by atoms with E-state index in [9.17, 15) is 9.90 Å². The molecular formula is C17H25NO4. The second-order valence-corrected chi connectivity index (χ2v) is 5.58. The SMILES string of the molecule is CC(OCC1CCCO1)C(=O)N(CCO)Cc1ccccc1. The zero-order valence-corrected chi connectivity index (χ0v) is 13.1. The van der Waals surface area contributed by atoms with E-state index >= 15 is 0 Å². The summed E-state index contributed by atoms with van der Waals surface area (Å²) < 4.78 is 11.2. The number of ether oxygens (including phenoxy) is 2. The minimum absolute atomic E-state index is 0.0585. The summed E-state index contributed by atoms with van der Waals surface area (Å²) in [5.41, 5.74) is 1.04. The molecule has 1 amide bonds.